The molecule has 1 N–H and O–H groups in total. The molecule has 0 saturated heterocycles. The quantitative estimate of drug-likeness (QED) is 0.890. The first-order valence-electron chi connectivity index (χ1n) is 6.26. The molecule has 0 atom stereocenters. The molecule has 1 aromatic heterocycles. The van der Waals surface area contributed by atoms with Crippen LogP contribution in [-0.2, 0) is 0 Å². The number of H-pyrrole nitrogens is 1. The number of fused-ring (bicyclic) bond motifs is 1. The summed E-state index contributed by atoms with van der Waals surface area (Å²) in [5, 5.41) is 1.08. The van der Waals surface area contributed by atoms with Crippen molar-refractivity contribution in [1.29, 1.82) is 0 Å². The number of aromatic amines is 1. The average Bonchev–Trinajstić information content (AvgIpc) is 3.05. The number of ether oxygens (including phenoxy) is 2. The normalized spacial score (nSPS) is 14.9. The van der Waals surface area contributed by atoms with Crippen molar-refractivity contribution in [2.45, 2.75) is 19.3 Å². The van der Waals surface area contributed by atoms with Gasteiger partial charge in [-0.15, -0.1) is 0 Å². The third kappa shape index (κ3) is 1.67. The summed E-state index contributed by atoms with van der Waals surface area (Å²) < 4.78 is 10.8. The molecule has 0 saturated carbocycles. The van der Waals surface area contributed by atoms with Gasteiger partial charge in [-0.3, -0.25) is 0 Å². The molecule has 1 aliphatic rings. The van der Waals surface area contributed by atoms with Crippen molar-refractivity contribution < 1.29 is 9.47 Å². The number of benzene rings is 1. The predicted octanol–water partition coefficient (Wildman–Crippen LogP) is 3.75. The summed E-state index contributed by atoms with van der Waals surface area (Å²) in [5.74, 6) is 1.58. The van der Waals surface area contributed by atoms with Crippen molar-refractivity contribution in [2.75, 3.05) is 14.2 Å². The minimum absolute atomic E-state index is 0.774. The van der Waals surface area contributed by atoms with Gasteiger partial charge in [0.1, 0.15) is 0 Å². The molecular weight excluding hydrogens is 226 g/mol. The zero-order valence-electron chi connectivity index (χ0n) is 10.7. The number of rotatable bonds is 3. The minimum Gasteiger partial charge on any atom is -0.493 e. The van der Waals surface area contributed by atoms with Crippen molar-refractivity contribution in [1.82, 2.24) is 4.98 Å². The zero-order valence-corrected chi connectivity index (χ0v) is 10.7. The summed E-state index contributed by atoms with van der Waals surface area (Å²) in [4.78, 5) is 3.46. The molecule has 0 bridgehead atoms. The van der Waals surface area contributed by atoms with Crippen LogP contribution >= 0.6 is 0 Å². The Labute approximate surface area is 106 Å². The van der Waals surface area contributed by atoms with E-state index in [1.54, 1.807) is 14.2 Å². The Morgan fingerprint density at radius 3 is 2.72 bits per heavy atom. The van der Waals surface area contributed by atoms with E-state index in [0.717, 1.165) is 28.8 Å². The molecule has 3 nitrogen and oxygen atoms in total. The number of aromatic nitrogens is 1. The van der Waals surface area contributed by atoms with Gasteiger partial charge in [-0.25, -0.2) is 0 Å². The van der Waals surface area contributed by atoms with Gasteiger partial charge in [0.2, 0.25) is 0 Å². The third-order valence-corrected chi connectivity index (χ3v) is 3.53. The molecule has 1 aliphatic carbocycles. The first-order valence-corrected chi connectivity index (χ1v) is 6.26. The van der Waals surface area contributed by atoms with Crippen molar-refractivity contribution >= 4 is 16.5 Å². The van der Waals surface area contributed by atoms with Crippen molar-refractivity contribution in [3.8, 4) is 11.5 Å². The molecule has 3 heteroatoms. The molecule has 3 rings (SSSR count). The Morgan fingerprint density at radius 1 is 1.17 bits per heavy atom. The second-order valence-corrected chi connectivity index (χ2v) is 4.57. The number of hydrogen-bond donors (Lipinski definition) is 1. The van der Waals surface area contributed by atoms with Crippen LogP contribution in [0.3, 0.4) is 0 Å². The van der Waals surface area contributed by atoms with Crippen LogP contribution in [0.2, 0.25) is 0 Å². The molecule has 1 aromatic carbocycles. The van der Waals surface area contributed by atoms with Gasteiger partial charge in [0.05, 0.1) is 14.2 Å². The Morgan fingerprint density at radius 2 is 2.06 bits per heavy atom. The second-order valence-electron chi connectivity index (χ2n) is 4.57. The maximum absolute atomic E-state index is 5.46. The maximum atomic E-state index is 5.46. The molecule has 0 aliphatic heterocycles. The van der Waals surface area contributed by atoms with Crippen LogP contribution in [0.25, 0.3) is 16.5 Å². The smallest absolute Gasteiger partial charge is 0.170 e. The highest BCUT2D eigenvalue weighted by molar-refractivity contribution is 5.92. The van der Waals surface area contributed by atoms with E-state index in [9.17, 15) is 0 Å². The lowest BCUT2D eigenvalue weighted by Crippen LogP contribution is -1.90. The lowest BCUT2D eigenvalue weighted by Gasteiger charge is -2.07. The first-order chi connectivity index (χ1) is 8.83. The second kappa shape index (κ2) is 4.41. The first kappa shape index (κ1) is 11.2. The fourth-order valence-corrected chi connectivity index (χ4v) is 2.62. The van der Waals surface area contributed by atoms with Crippen molar-refractivity contribution in [3.63, 3.8) is 0 Å². The molecule has 0 spiro atoms. The highest BCUT2D eigenvalue weighted by Gasteiger charge is 2.14. The number of methoxy groups -OCH3 is 2. The van der Waals surface area contributed by atoms with Gasteiger partial charge in [0.15, 0.2) is 11.5 Å². The minimum atomic E-state index is 0.774. The number of nitrogens with one attached hydrogen (secondary N) is 1. The standard InChI is InChI=1S/C15H17NO2/c1-17-14-8-7-12-11(15(14)18-2)9-13(16-12)10-5-3-4-6-10/h5,7-9,16H,3-4,6H2,1-2H3. The average molecular weight is 243 g/mol. The van der Waals surface area contributed by atoms with Crippen LogP contribution in [0.4, 0.5) is 0 Å². The largest absolute Gasteiger partial charge is 0.493 e. The fraction of sp³-hybridized carbons (Fsp3) is 0.333. The predicted molar refractivity (Wildman–Crippen MR) is 73.2 cm³/mol. The molecule has 0 amide bonds. The van der Waals surface area contributed by atoms with Crippen LogP contribution in [0.15, 0.2) is 24.3 Å². The summed E-state index contributed by atoms with van der Waals surface area (Å²) in [6.07, 6.45) is 5.91. The van der Waals surface area contributed by atoms with E-state index in [1.807, 2.05) is 12.1 Å². The van der Waals surface area contributed by atoms with Gasteiger partial charge in [-0.2, -0.15) is 0 Å². The molecule has 18 heavy (non-hydrogen) atoms. The van der Waals surface area contributed by atoms with Gasteiger partial charge in [-0.1, -0.05) is 6.08 Å². The van der Waals surface area contributed by atoms with Crippen molar-refractivity contribution in [3.05, 3.63) is 30.0 Å². The molecule has 94 valence electrons. The number of allylic oxidation sites excluding steroid dienone is 2. The van der Waals surface area contributed by atoms with Crippen molar-refractivity contribution in [2.24, 2.45) is 0 Å². The van der Waals surface area contributed by atoms with E-state index >= 15 is 0 Å². The summed E-state index contributed by atoms with van der Waals surface area (Å²) in [6, 6.07) is 6.13. The van der Waals surface area contributed by atoms with E-state index in [0.29, 0.717) is 0 Å². The Bertz CT molecular complexity index is 610. The van der Waals surface area contributed by atoms with E-state index < -0.39 is 0 Å². The van der Waals surface area contributed by atoms with Crippen LogP contribution in [0, 0.1) is 0 Å². The SMILES string of the molecule is COc1ccc2[nH]c(C3=CCCC3)cc2c1OC. The summed E-state index contributed by atoms with van der Waals surface area (Å²) >= 11 is 0. The fourth-order valence-electron chi connectivity index (χ4n) is 2.62. The van der Waals surface area contributed by atoms with Crippen LogP contribution < -0.4 is 9.47 Å². The number of hydrogen-bond acceptors (Lipinski definition) is 2. The summed E-state index contributed by atoms with van der Waals surface area (Å²) in [5.41, 5.74) is 3.71. The van der Waals surface area contributed by atoms with E-state index in [2.05, 4.69) is 17.1 Å². The van der Waals surface area contributed by atoms with Crippen LogP contribution in [-0.4, -0.2) is 19.2 Å². The van der Waals surface area contributed by atoms with Gasteiger partial charge in [0.25, 0.3) is 0 Å². The molecule has 1 heterocycles. The molecule has 0 fully saturated rings. The molecule has 0 unspecified atom stereocenters. The highest BCUT2D eigenvalue weighted by atomic mass is 16.5. The summed E-state index contributed by atoms with van der Waals surface area (Å²) in [7, 11) is 3.34. The van der Waals surface area contributed by atoms with Crippen LogP contribution in [0.5, 0.6) is 11.5 Å². The highest BCUT2D eigenvalue weighted by Crippen LogP contribution is 2.38. The van der Waals surface area contributed by atoms with Crippen LogP contribution in [0.1, 0.15) is 25.0 Å². The Kier molecular flexibility index (Phi) is 2.74. The van der Waals surface area contributed by atoms with E-state index in [-0.39, 0.29) is 0 Å². The molecule has 2 aromatic rings. The van der Waals surface area contributed by atoms with E-state index in [1.165, 1.54) is 24.1 Å². The van der Waals surface area contributed by atoms with Gasteiger partial charge in [-0.05, 0) is 43.0 Å². The lowest BCUT2D eigenvalue weighted by molar-refractivity contribution is 0.358. The summed E-state index contributed by atoms with van der Waals surface area (Å²) in [6.45, 7) is 0. The molecular formula is C15H17NO2. The monoisotopic (exact) mass is 243 g/mol. The van der Waals surface area contributed by atoms with Gasteiger partial charge >= 0.3 is 0 Å². The molecule has 0 radical (unpaired) electrons. The third-order valence-electron chi connectivity index (χ3n) is 3.53. The maximum Gasteiger partial charge on any atom is 0.170 e. The van der Waals surface area contributed by atoms with Gasteiger partial charge in [0, 0.05) is 16.6 Å². The zero-order chi connectivity index (χ0) is 12.5. The van der Waals surface area contributed by atoms with Gasteiger partial charge < -0.3 is 14.5 Å². The Balaban J connectivity index is 2.16. The topological polar surface area (TPSA) is 34.2 Å². The lowest BCUT2D eigenvalue weighted by atomic mass is 10.1. The van der Waals surface area contributed by atoms with E-state index in [4.69, 9.17) is 9.47 Å². The Hall–Kier alpha value is -1.90.